The zero-order valence-electron chi connectivity index (χ0n) is 11.8. The zero-order chi connectivity index (χ0) is 14.0. The van der Waals surface area contributed by atoms with E-state index in [4.69, 9.17) is 10.5 Å². The predicted octanol–water partition coefficient (Wildman–Crippen LogP) is 2.64. The summed E-state index contributed by atoms with van der Waals surface area (Å²) in [6, 6.07) is 4.10. The summed E-state index contributed by atoms with van der Waals surface area (Å²) in [7, 11) is 0. The minimum Gasteiger partial charge on any atom is -0.485 e. The highest BCUT2D eigenvalue weighted by Gasteiger charge is 2.10. The standard InChI is InChI=1S/C14H20N4O/c1-9(2)18-13(16-8-17-18)7-19-14-10(3)5-12(15)6-11(14)4/h5-6,8-9H,7,15H2,1-4H3. The number of anilines is 1. The first-order chi connectivity index (χ1) is 8.99. The first-order valence-electron chi connectivity index (χ1n) is 6.37. The molecule has 0 fully saturated rings. The smallest absolute Gasteiger partial charge is 0.165 e. The molecule has 0 amide bonds. The van der Waals surface area contributed by atoms with Crippen molar-refractivity contribution in [1.82, 2.24) is 14.8 Å². The highest BCUT2D eigenvalue weighted by Crippen LogP contribution is 2.26. The summed E-state index contributed by atoms with van der Waals surface area (Å²) in [6.07, 6.45) is 1.56. The fourth-order valence-corrected chi connectivity index (χ4v) is 2.16. The van der Waals surface area contributed by atoms with Crippen molar-refractivity contribution in [2.24, 2.45) is 0 Å². The van der Waals surface area contributed by atoms with Crippen LogP contribution in [0.1, 0.15) is 36.8 Å². The van der Waals surface area contributed by atoms with Crippen molar-refractivity contribution in [3.05, 3.63) is 35.4 Å². The van der Waals surface area contributed by atoms with E-state index < -0.39 is 0 Å². The van der Waals surface area contributed by atoms with Crippen LogP contribution in [-0.4, -0.2) is 14.8 Å². The van der Waals surface area contributed by atoms with Crippen LogP contribution in [0.4, 0.5) is 5.69 Å². The number of aryl methyl sites for hydroxylation is 2. The lowest BCUT2D eigenvalue weighted by atomic mass is 10.1. The molecule has 5 heteroatoms. The Bertz CT molecular complexity index is 552. The summed E-state index contributed by atoms with van der Waals surface area (Å²) in [4.78, 5) is 4.23. The van der Waals surface area contributed by atoms with Gasteiger partial charge in [0.2, 0.25) is 0 Å². The van der Waals surface area contributed by atoms with E-state index in [9.17, 15) is 0 Å². The Labute approximate surface area is 113 Å². The average molecular weight is 260 g/mol. The summed E-state index contributed by atoms with van der Waals surface area (Å²) in [6.45, 7) is 8.53. The Morgan fingerprint density at radius 1 is 1.26 bits per heavy atom. The number of nitrogens with two attached hydrogens (primary N) is 1. The van der Waals surface area contributed by atoms with E-state index in [1.54, 1.807) is 6.33 Å². The SMILES string of the molecule is Cc1cc(N)cc(C)c1OCc1ncnn1C(C)C. The van der Waals surface area contributed by atoms with Gasteiger partial charge in [-0.2, -0.15) is 5.10 Å². The van der Waals surface area contributed by atoms with Crippen LogP contribution in [0.5, 0.6) is 5.75 Å². The Balaban J connectivity index is 2.17. The van der Waals surface area contributed by atoms with Gasteiger partial charge >= 0.3 is 0 Å². The van der Waals surface area contributed by atoms with Crippen molar-refractivity contribution >= 4 is 5.69 Å². The second-order valence-corrected chi connectivity index (χ2v) is 4.99. The van der Waals surface area contributed by atoms with Crippen LogP contribution in [0, 0.1) is 13.8 Å². The van der Waals surface area contributed by atoms with Gasteiger partial charge < -0.3 is 10.5 Å². The Hall–Kier alpha value is -2.04. The normalized spacial score (nSPS) is 11.0. The highest BCUT2D eigenvalue weighted by atomic mass is 16.5. The number of benzene rings is 1. The molecule has 5 nitrogen and oxygen atoms in total. The van der Waals surface area contributed by atoms with Gasteiger partial charge in [0.05, 0.1) is 0 Å². The summed E-state index contributed by atoms with van der Waals surface area (Å²) in [5.74, 6) is 1.69. The van der Waals surface area contributed by atoms with Gasteiger partial charge in [-0.3, -0.25) is 0 Å². The molecule has 1 aromatic heterocycles. The topological polar surface area (TPSA) is 66.0 Å². The number of ether oxygens (including phenoxy) is 1. The third-order valence-corrected chi connectivity index (χ3v) is 2.96. The molecule has 0 radical (unpaired) electrons. The second kappa shape index (κ2) is 5.30. The molecule has 0 aliphatic heterocycles. The summed E-state index contributed by atoms with van der Waals surface area (Å²) >= 11 is 0. The Morgan fingerprint density at radius 3 is 2.47 bits per heavy atom. The van der Waals surface area contributed by atoms with Crippen molar-refractivity contribution in [2.75, 3.05) is 5.73 Å². The molecule has 0 spiro atoms. The van der Waals surface area contributed by atoms with Crippen molar-refractivity contribution in [1.29, 1.82) is 0 Å². The van der Waals surface area contributed by atoms with E-state index in [1.165, 1.54) is 0 Å². The number of nitrogen functional groups attached to an aromatic ring is 1. The quantitative estimate of drug-likeness (QED) is 0.858. The van der Waals surface area contributed by atoms with Crippen molar-refractivity contribution in [2.45, 2.75) is 40.3 Å². The number of hydrogen-bond donors (Lipinski definition) is 1. The van der Waals surface area contributed by atoms with Gasteiger partial charge in [-0.25, -0.2) is 9.67 Å². The molecular weight excluding hydrogens is 240 g/mol. The molecule has 0 atom stereocenters. The third-order valence-electron chi connectivity index (χ3n) is 2.96. The minimum absolute atomic E-state index is 0.273. The molecule has 1 aromatic carbocycles. The number of aromatic nitrogens is 3. The first kappa shape index (κ1) is 13.4. The summed E-state index contributed by atoms with van der Waals surface area (Å²) in [5, 5.41) is 4.19. The lowest BCUT2D eigenvalue weighted by Gasteiger charge is -2.14. The highest BCUT2D eigenvalue weighted by molar-refractivity contribution is 5.52. The van der Waals surface area contributed by atoms with Crippen molar-refractivity contribution < 1.29 is 4.74 Å². The third kappa shape index (κ3) is 2.86. The molecule has 102 valence electrons. The lowest BCUT2D eigenvalue weighted by Crippen LogP contribution is -2.11. The fourth-order valence-electron chi connectivity index (χ4n) is 2.16. The van der Waals surface area contributed by atoms with Gasteiger partial charge in [0.1, 0.15) is 18.7 Å². The maximum absolute atomic E-state index is 5.88. The molecule has 2 rings (SSSR count). The van der Waals surface area contributed by atoms with Crippen LogP contribution in [0.15, 0.2) is 18.5 Å². The van der Waals surface area contributed by atoms with E-state index in [1.807, 2.05) is 30.7 Å². The van der Waals surface area contributed by atoms with Crippen LogP contribution in [-0.2, 0) is 6.61 Å². The molecule has 0 aliphatic rings. The lowest BCUT2D eigenvalue weighted by molar-refractivity contribution is 0.279. The predicted molar refractivity (Wildman–Crippen MR) is 75.1 cm³/mol. The molecule has 0 saturated carbocycles. The largest absolute Gasteiger partial charge is 0.485 e. The van der Waals surface area contributed by atoms with Crippen LogP contribution < -0.4 is 10.5 Å². The molecule has 0 saturated heterocycles. The summed E-state index contributed by atoms with van der Waals surface area (Å²) < 4.78 is 7.74. The first-order valence-corrected chi connectivity index (χ1v) is 6.37. The molecule has 0 aliphatic carbocycles. The van der Waals surface area contributed by atoms with Crippen LogP contribution in [0.3, 0.4) is 0 Å². The molecular formula is C14H20N4O. The zero-order valence-corrected chi connectivity index (χ0v) is 11.8. The second-order valence-electron chi connectivity index (χ2n) is 4.99. The number of rotatable bonds is 4. The van der Waals surface area contributed by atoms with Gasteiger partial charge in [0.15, 0.2) is 5.82 Å². The van der Waals surface area contributed by atoms with E-state index in [-0.39, 0.29) is 6.04 Å². The van der Waals surface area contributed by atoms with Crippen LogP contribution in [0.2, 0.25) is 0 Å². The fraction of sp³-hybridized carbons (Fsp3) is 0.429. The molecule has 0 bridgehead atoms. The Kier molecular flexibility index (Phi) is 3.74. The van der Waals surface area contributed by atoms with Crippen molar-refractivity contribution in [3.8, 4) is 5.75 Å². The number of hydrogen-bond acceptors (Lipinski definition) is 4. The maximum atomic E-state index is 5.88. The van der Waals surface area contributed by atoms with E-state index >= 15 is 0 Å². The van der Waals surface area contributed by atoms with Gasteiger partial charge in [-0.1, -0.05) is 0 Å². The van der Waals surface area contributed by atoms with Crippen molar-refractivity contribution in [3.63, 3.8) is 0 Å². The molecule has 2 aromatic rings. The molecule has 0 unspecified atom stereocenters. The van der Waals surface area contributed by atoms with E-state index in [0.717, 1.165) is 28.4 Å². The monoisotopic (exact) mass is 260 g/mol. The molecule has 1 heterocycles. The van der Waals surface area contributed by atoms with Crippen LogP contribution >= 0.6 is 0 Å². The Morgan fingerprint density at radius 2 is 1.89 bits per heavy atom. The molecule has 2 N–H and O–H groups in total. The van der Waals surface area contributed by atoms with Gasteiger partial charge in [-0.15, -0.1) is 0 Å². The van der Waals surface area contributed by atoms with Gasteiger partial charge in [-0.05, 0) is 51.0 Å². The molecule has 19 heavy (non-hydrogen) atoms. The van der Waals surface area contributed by atoms with E-state index in [2.05, 4.69) is 23.9 Å². The minimum atomic E-state index is 0.273. The van der Waals surface area contributed by atoms with E-state index in [0.29, 0.717) is 6.61 Å². The van der Waals surface area contributed by atoms with Gasteiger partial charge in [0, 0.05) is 11.7 Å². The maximum Gasteiger partial charge on any atom is 0.165 e. The summed E-state index contributed by atoms with van der Waals surface area (Å²) in [5.41, 5.74) is 8.63. The van der Waals surface area contributed by atoms with Crippen LogP contribution in [0.25, 0.3) is 0 Å². The average Bonchev–Trinajstić information content (AvgIpc) is 2.75. The number of nitrogens with zero attached hydrogens (tertiary/aromatic N) is 3. The van der Waals surface area contributed by atoms with Gasteiger partial charge in [0.25, 0.3) is 0 Å².